The van der Waals surface area contributed by atoms with E-state index in [-0.39, 0.29) is 0 Å². The summed E-state index contributed by atoms with van der Waals surface area (Å²) in [5, 5.41) is 0. The maximum absolute atomic E-state index is 6.07. The van der Waals surface area contributed by atoms with Crippen molar-refractivity contribution in [2.24, 2.45) is 11.7 Å². The molecule has 1 heterocycles. The Morgan fingerprint density at radius 3 is 2.79 bits per heavy atom. The average Bonchev–Trinajstić information content (AvgIpc) is 3.20. The molecular weight excluding hydrogens is 232 g/mol. The van der Waals surface area contributed by atoms with Crippen LogP contribution in [0, 0.1) is 5.92 Å². The zero-order chi connectivity index (χ0) is 13.2. The molecule has 2 N–H and O–H groups in total. The Kier molecular flexibility index (Phi) is 3.90. The average molecular weight is 258 g/mol. The van der Waals surface area contributed by atoms with E-state index < -0.39 is 0 Å². The third kappa shape index (κ3) is 2.85. The zero-order valence-electron chi connectivity index (χ0n) is 12.0. The molecule has 1 saturated heterocycles. The molecule has 1 aliphatic heterocycles. The SMILES string of the molecule is CCC1CCN(C(CN)c2cccc(C3CC3)c2)C1. The number of nitrogens with zero attached hydrogens (tertiary/aromatic N) is 1. The molecular formula is C17H26N2. The van der Waals surface area contributed by atoms with Gasteiger partial charge in [-0.1, -0.05) is 37.6 Å². The smallest absolute Gasteiger partial charge is 0.0470 e. The van der Waals surface area contributed by atoms with E-state index in [1.54, 1.807) is 0 Å². The van der Waals surface area contributed by atoms with Crippen LogP contribution < -0.4 is 5.73 Å². The molecule has 2 aliphatic rings. The Bertz CT molecular complexity index is 425. The van der Waals surface area contributed by atoms with Crippen LogP contribution in [0.3, 0.4) is 0 Å². The fourth-order valence-electron chi connectivity index (χ4n) is 3.41. The summed E-state index contributed by atoms with van der Waals surface area (Å²) in [7, 11) is 0. The van der Waals surface area contributed by atoms with E-state index in [1.165, 1.54) is 49.9 Å². The summed E-state index contributed by atoms with van der Waals surface area (Å²) in [6.07, 6.45) is 5.39. The van der Waals surface area contributed by atoms with Gasteiger partial charge in [0.25, 0.3) is 0 Å². The van der Waals surface area contributed by atoms with Gasteiger partial charge in [-0.15, -0.1) is 0 Å². The molecule has 2 heteroatoms. The van der Waals surface area contributed by atoms with Crippen LogP contribution in [-0.4, -0.2) is 24.5 Å². The Balaban J connectivity index is 1.76. The summed E-state index contributed by atoms with van der Waals surface area (Å²) >= 11 is 0. The molecule has 1 aromatic rings. The number of likely N-dealkylation sites (tertiary alicyclic amines) is 1. The van der Waals surface area contributed by atoms with Crippen LogP contribution in [0.2, 0.25) is 0 Å². The molecule has 3 rings (SSSR count). The molecule has 0 spiro atoms. The summed E-state index contributed by atoms with van der Waals surface area (Å²) in [6, 6.07) is 9.61. The molecule has 1 aromatic carbocycles. The van der Waals surface area contributed by atoms with Crippen molar-refractivity contribution in [1.82, 2.24) is 4.90 Å². The Morgan fingerprint density at radius 2 is 2.16 bits per heavy atom. The molecule has 2 unspecified atom stereocenters. The second-order valence-corrected chi connectivity index (χ2v) is 6.25. The molecule has 0 bridgehead atoms. The first-order valence-corrected chi connectivity index (χ1v) is 7.85. The van der Waals surface area contributed by atoms with E-state index in [4.69, 9.17) is 5.73 Å². The zero-order valence-corrected chi connectivity index (χ0v) is 12.0. The molecule has 1 aliphatic carbocycles. The van der Waals surface area contributed by atoms with Crippen LogP contribution in [0.4, 0.5) is 0 Å². The fraction of sp³-hybridized carbons (Fsp3) is 0.647. The number of hydrogen-bond donors (Lipinski definition) is 1. The Hall–Kier alpha value is -0.860. The molecule has 0 aromatic heterocycles. The van der Waals surface area contributed by atoms with Gasteiger partial charge in [0.1, 0.15) is 0 Å². The second kappa shape index (κ2) is 5.64. The second-order valence-electron chi connectivity index (χ2n) is 6.25. The normalized spacial score (nSPS) is 25.7. The van der Waals surface area contributed by atoms with Crippen molar-refractivity contribution in [3.05, 3.63) is 35.4 Å². The van der Waals surface area contributed by atoms with E-state index in [2.05, 4.69) is 36.1 Å². The van der Waals surface area contributed by atoms with E-state index in [9.17, 15) is 0 Å². The van der Waals surface area contributed by atoms with Crippen LogP contribution in [0.25, 0.3) is 0 Å². The summed E-state index contributed by atoms with van der Waals surface area (Å²) in [6.45, 7) is 5.49. The van der Waals surface area contributed by atoms with Gasteiger partial charge in [0.2, 0.25) is 0 Å². The maximum atomic E-state index is 6.07. The lowest BCUT2D eigenvalue weighted by molar-refractivity contribution is 0.241. The van der Waals surface area contributed by atoms with E-state index in [0.717, 1.165) is 18.4 Å². The Labute approximate surface area is 117 Å². The van der Waals surface area contributed by atoms with Crippen molar-refractivity contribution in [1.29, 1.82) is 0 Å². The van der Waals surface area contributed by atoms with Gasteiger partial charge in [0.15, 0.2) is 0 Å². The van der Waals surface area contributed by atoms with Crippen molar-refractivity contribution >= 4 is 0 Å². The minimum Gasteiger partial charge on any atom is -0.329 e. The van der Waals surface area contributed by atoms with Crippen molar-refractivity contribution in [2.75, 3.05) is 19.6 Å². The standard InChI is InChI=1S/C17H26N2/c1-2-13-8-9-19(12-13)17(11-18)16-5-3-4-15(10-16)14-6-7-14/h3-5,10,13-14,17H,2,6-9,11-12,18H2,1H3. The molecule has 104 valence electrons. The topological polar surface area (TPSA) is 29.3 Å². The molecule has 2 atom stereocenters. The predicted octanol–water partition coefficient (Wildman–Crippen LogP) is 3.30. The third-order valence-corrected chi connectivity index (χ3v) is 4.90. The largest absolute Gasteiger partial charge is 0.329 e. The van der Waals surface area contributed by atoms with Gasteiger partial charge in [0.05, 0.1) is 0 Å². The van der Waals surface area contributed by atoms with Crippen LogP contribution >= 0.6 is 0 Å². The highest BCUT2D eigenvalue weighted by Crippen LogP contribution is 2.41. The predicted molar refractivity (Wildman–Crippen MR) is 80.2 cm³/mol. The van der Waals surface area contributed by atoms with E-state index >= 15 is 0 Å². The first-order chi connectivity index (χ1) is 9.31. The highest BCUT2D eigenvalue weighted by atomic mass is 15.2. The number of rotatable bonds is 5. The van der Waals surface area contributed by atoms with Gasteiger partial charge >= 0.3 is 0 Å². The van der Waals surface area contributed by atoms with Crippen LogP contribution in [0.15, 0.2) is 24.3 Å². The van der Waals surface area contributed by atoms with Gasteiger partial charge in [-0.25, -0.2) is 0 Å². The quantitative estimate of drug-likeness (QED) is 0.878. The summed E-state index contributed by atoms with van der Waals surface area (Å²) in [5.41, 5.74) is 9.04. The van der Waals surface area contributed by atoms with Gasteiger partial charge in [-0.05, 0) is 48.8 Å². The van der Waals surface area contributed by atoms with Crippen molar-refractivity contribution < 1.29 is 0 Å². The van der Waals surface area contributed by atoms with E-state index in [1.807, 2.05) is 0 Å². The van der Waals surface area contributed by atoms with Crippen LogP contribution in [-0.2, 0) is 0 Å². The molecule has 2 fully saturated rings. The van der Waals surface area contributed by atoms with Crippen LogP contribution in [0.1, 0.15) is 55.7 Å². The monoisotopic (exact) mass is 258 g/mol. The molecule has 2 nitrogen and oxygen atoms in total. The van der Waals surface area contributed by atoms with Gasteiger partial charge in [0, 0.05) is 19.1 Å². The number of nitrogens with two attached hydrogens (primary N) is 1. The minimum absolute atomic E-state index is 0.426. The third-order valence-electron chi connectivity index (χ3n) is 4.90. The van der Waals surface area contributed by atoms with E-state index in [0.29, 0.717) is 6.04 Å². The van der Waals surface area contributed by atoms with Gasteiger partial charge < -0.3 is 5.73 Å². The summed E-state index contributed by atoms with van der Waals surface area (Å²) in [4.78, 5) is 2.60. The van der Waals surface area contributed by atoms with Gasteiger partial charge in [-0.2, -0.15) is 0 Å². The van der Waals surface area contributed by atoms with Crippen molar-refractivity contribution in [2.45, 2.75) is 44.6 Å². The first-order valence-electron chi connectivity index (χ1n) is 7.85. The fourth-order valence-corrected chi connectivity index (χ4v) is 3.41. The summed E-state index contributed by atoms with van der Waals surface area (Å²) in [5.74, 6) is 1.71. The number of benzene rings is 1. The number of hydrogen-bond acceptors (Lipinski definition) is 2. The maximum Gasteiger partial charge on any atom is 0.0470 e. The molecule has 0 radical (unpaired) electrons. The lowest BCUT2D eigenvalue weighted by Crippen LogP contribution is -2.32. The first kappa shape index (κ1) is 13.1. The lowest BCUT2D eigenvalue weighted by Gasteiger charge is -2.27. The van der Waals surface area contributed by atoms with Crippen molar-refractivity contribution in [3.8, 4) is 0 Å². The highest BCUT2D eigenvalue weighted by Gasteiger charge is 2.29. The Morgan fingerprint density at radius 1 is 1.32 bits per heavy atom. The minimum atomic E-state index is 0.426. The molecule has 19 heavy (non-hydrogen) atoms. The lowest BCUT2D eigenvalue weighted by atomic mass is 10.0. The van der Waals surface area contributed by atoms with Crippen LogP contribution in [0.5, 0.6) is 0 Å². The summed E-state index contributed by atoms with van der Waals surface area (Å²) < 4.78 is 0. The van der Waals surface area contributed by atoms with Crippen molar-refractivity contribution in [3.63, 3.8) is 0 Å². The van der Waals surface area contributed by atoms with Gasteiger partial charge in [-0.3, -0.25) is 4.90 Å². The molecule has 0 amide bonds. The molecule has 1 saturated carbocycles. The highest BCUT2D eigenvalue weighted by molar-refractivity contribution is 5.31.